The fourth-order valence-corrected chi connectivity index (χ4v) is 4.43. The summed E-state index contributed by atoms with van der Waals surface area (Å²) in [6, 6.07) is 20.0. The van der Waals surface area contributed by atoms with Gasteiger partial charge in [-0.3, -0.25) is 19.1 Å². The van der Waals surface area contributed by atoms with Crippen LogP contribution in [0.15, 0.2) is 77.7 Å². The van der Waals surface area contributed by atoms with Gasteiger partial charge in [-0.2, -0.15) is 0 Å². The lowest BCUT2D eigenvalue weighted by atomic mass is 9.96. The molecule has 8 nitrogen and oxygen atoms in total. The van der Waals surface area contributed by atoms with E-state index >= 15 is 0 Å². The number of carbonyl (C=O) groups excluding carboxylic acids is 1. The van der Waals surface area contributed by atoms with Crippen LogP contribution in [0.3, 0.4) is 0 Å². The van der Waals surface area contributed by atoms with Crippen molar-refractivity contribution in [3.63, 3.8) is 0 Å². The van der Waals surface area contributed by atoms with Crippen LogP contribution in [0.4, 0.5) is 4.39 Å². The number of ether oxygens (including phenoxy) is 4. The van der Waals surface area contributed by atoms with Gasteiger partial charge in [0, 0.05) is 19.2 Å². The summed E-state index contributed by atoms with van der Waals surface area (Å²) in [4.78, 5) is 26.3. The Kier molecular flexibility index (Phi) is 8.42. The van der Waals surface area contributed by atoms with Gasteiger partial charge >= 0.3 is 5.97 Å². The molecule has 0 bridgehead atoms. The largest absolute Gasteiger partial charge is 0.455 e. The number of aromatic nitrogens is 2. The van der Waals surface area contributed by atoms with Crippen LogP contribution in [-0.2, 0) is 37.0 Å². The van der Waals surface area contributed by atoms with Crippen molar-refractivity contribution < 1.29 is 28.1 Å². The molecule has 0 saturated carbocycles. The average molecular weight is 515 g/mol. The molecule has 1 fully saturated rings. The molecular weight excluding hydrogens is 487 g/mol. The minimum atomic E-state index is -1.61. The van der Waals surface area contributed by atoms with E-state index in [0.29, 0.717) is 0 Å². The SMILES string of the molecule is CC(=O)O[C@H]1C(n2ccc(=O)[nH]c2=S)O[C@](CF)(COCc2ccccc2)[C@H]1OCc1ccccc1. The fourth-order valence-electron chi connectivity index (χ4n) is 4.16. The second kappa shape index (κ2) is 11.7. The Morgan fingerprint density at radius 2 is 1.72 bits per heavy atom. The van der Waals surface area contributed by atoms with E-state index in [4.69, 9.17) is 31.2 Å². The van der Waals surface area contributed by atoms with E-state index in [1.54, 1.807) is 0 Å². The molecule has 1 aromatic heterocycles. The second-order valence-corrected chi connectivity index (χ2v) is 8.88. The number of hydrogen-bond donors (Lipinski definition) is 1. The monoisotopic (exact) mass is 514 g/mol. The molecule has 2 aromatic carbocycles. The number of nitrogens with one attached hydrogen (secondary N) is 1. The summed E-state index contributed by atoms with van der Waals surface area (Å²) in [5.41, 5.74) is -0.263. The van der Waals surface area contributed by atoms with E-state index in [-0.39, 0.29) is 24.6 Å². The van der Waals surface area contributed by atoms with Gasteiger partial charge in [0.1, 0.15) is 12.8 Å². The summed E-state index contributed by atoms with van der Waals surface area (Å²) in [5, 5.41) is 0. The maximum absolute atomic E-state index is 14.9. The van der Waals surface area contributed by atoms with Crippen molar-refractivity contribution in [3.8, 4) is 0 Å². The van der Waals surface area contributed by atoms with Crippen molar-refractivity contribution in [1.82, 2.24) is 9.55 Å². The predicted octanol–water partition coefficient (Wildman–Crippen LogP) is 3.88. The summed E-state index contributed by atoms with van der Waals surface area (Å²) in [5.74, 6) is -0.599. The van der Waals surface area contributed by atoms with Gasteiger partial charge in [0.15, 0.2) is 22.7 Å². The highest BCUT2D eigenvalue weighted by Gasteiger charge is 2.59. The van der Waals surface area contributed by atoms with Crippen LogP contribution in [-0.4, -0.2) is 46.6 Å². The first-order valence-corrected chi connectivity index (χ1v) is 11.8. The third-order valence-electron chi connectivity index (χ3n) is 5.84. The molecule has 2 heterocycles. The maximum atomic E-state index is 14.9. The van der Waals surface area contributed by atoms with E-state index in [9.17, 15) is 14.0 Å². The lowest BCUT2D eigenvalue weighted by Crippen LogP contribution is -2.51. The van der Waals surface area contributed by atoms with Gasteiger partial charge in [0.25, 0.3) is 5.56 Å². The zero-order valence-electron chi connectivity index (χ0n) is 19.7. The maximum Gasteiger partial charge on any atom is 0.303 e. The van der Waals surface area contributed by atoms with Crippen LogP contribution in [0.5, 0.6) is 0 Å². The topological polar surface area (TPSA) is 91.8 Å². The number of rotatable bonds is 10. The zero-order valence-corrected chi connectivity index (χ0v) is 20.5. The third-order valence-corrected chi connectivity index (χ3v) is 6.15. The highest BCUT2D eigenvalue weighted by Crippen LogP contribution is 2.42. The Balaban J connectivity index is 1.68. The summed E-state index contributed by atoms with van der Waals surface area (Å²) >= 11 is 5.31. The molecule has 1 saturated heterocycles. The molecule has 36 heavy (non-hydrogen) atoms. The molecule has 0 aliphatic carbocycles. The Morgan fingerprint density at radius 3 is 2.31 bits per heavy atom. The Bertz CT molecular complexity index is 1270. The molecule has 1 N–H and O–H groups in total. The molecule has 10 heteroatoms. The average Bonchev–Trinajstić information content (AvgIpc) is 3.16. The van der Waals surface area contributed by atoms with Crippen molar-refractivity contribution in [1.29, 1.82) is 0 Å². The molecule has 0 spiro atoms. The molecular formula is C26H27FN2O6S. The van der Waals surface area contributed by atoms with Gasteiger partial charge in [-0.05, 0) is 23.3 Å². The van der Waals surface area contributed by atoms with Crippen LogP contribution in [0, 0.1) is 4.77 Å². The molecule has 1 aliphatic heterocycles. The summed E-state index contributed by atoms with van der Waals surface area (Å²) in [6.45, 7) is 0.433. The van der Waals surface area contributed by atoms with Crippen LogP contribution < -0.4 is 5.56 Å². The molecule has 4 rings (SSSR count). The van der Waals surface area contributed by atoms with E-state index in [0.717, 1.165) is 11.1 Å². The molecule has 1 aliphatic rings. The van der Waals surface area contributed by atoms with E-state index < -0.39 is 42.2 Å². The standard InChI is InChI=1S/C26H27FN2O6S/c1-18(30)34-22-23(33-15-20-10-6-3-7-11-20)26(16-27,17-32-14-19-8-4-2-5-9-19)35-24(22)29-13-12-21(31)28-25(29)36/h2-13,22-24H,14-17H2,1H3,(H,28,31,36)/t22-,23+,24?,26-/m1/s1. The normalized spacial score (nSPS) is 23.4. The van der Waals surface area contributed by atoms with Crippen molar-refractivity contribution in [2.24, 2.45) is 0 Å². The summed E-state index contributed by atoms with van der Waals surface area (Å²) < 4.78 is 40.3. The number of aromatic amines is 1. The van der Waals surface area contributed by atoms with Crippen molar-refractivity contribution in [2.45, 2.75) is 44.2 Å². The third kappa shape index (κ3) is 5.96. The first-order valence-electron chi connectivity index (χ1n) is 11.4. The highest BCUT2D eigenvalue weighted by molar-refractivity contribution is 7.71. The van der Waals surface area contributed by atoms with E-state index in [2.05, 4.69) is 4.98 Å². The number of nitrogens with zero attached hydrogens (tertiary/aromatic N) is 1. The lowest BCUT2D eigenvalue weighted by molar-refractivity contribution is -0.166. The molecule has 3 aromatic rings. The zero-order chi connectivity index (χ0) is 25.5. The lowest BCUT2D eigenvalue weighted by Gasteiger charge is -2.32. The van der Waals surface area contributed by atoms with Gasteiger partial charge in [0.05, 0.1) is 19.8 Å². The number of hydrogen-bond acceptors (Lipinski definition) is 7. The van der Waals surface area contributed by atoms with E-state index in [1.807, 2.05) is 60.7 Å². The van der Waals surface area contributed by atoms with Gasteiger partial charge < -0.3 is 18.9 Å². The van der Waals surface area contributed by atoms with Gasteiger partial charge in [-0.1, -0.05) is 60.7 Å². The van der Waals surface area contributed by atoms with Crippen LogP contribution >= 0.6 is 12.2 Å². The number of carbonyl (C=O) groups is 1. The first-order chi connectivity index (χ1) is 17.4. The van der Waals surface area contributed by atoms with Crippen LogP contribution in [0.25, 0.3) is 0 Å². The summed E-state index contributed by atoms with van der Waals surface area (Å²) in [7, 11) is 0. The highest BCUT2D eigenvalue weighted by atomic mass is 32.1. The molecule has 4 atom stereocenters. The van der Waals surface area contributed by atoms with Crippen LogP contribution in [0.2, 0.25) is 0 Å². The van der Waals surface area contributed by atoms with Gasteiger partial charge in [-0.25, -0.2) is 4.39 Å². The second-order valence-electron chi connectivity index (χ2n) is 8.49. The number of halogens is 1. The molecule has 1 unspecified atom stereocenters. The van der Waals surface area contributed by atoms with Crippen molar-refractivity contribution in [2.75, 3.05) is 13.3 Å². The number of esters is 1. The van der Waals surface area contributed by atoms with E-state index in [1.165, 1.54) is 23.8 Å². The van der Waals surface area contributed by atoms with Crippen LogP contribution in [0.1, 0.15) is 24.3 Å². The predicted molar refractivity (Wildman–Crippen MR) is 131 cm³/mol. The number of alkyl halides is 1. The quantitative estimate of drug-likeness (QED) is 0.324. The minimum absolute atomic E-state index is 0.0336. The Hall–Kier alpha value is -3.18. The molecule has 0 radical (unpaired) electrons. The van der Waals surface area contributed by atoms with Gasteiger partial charge in [0.2, 0.25) is 0 Å². The Labute approximate surface area is 212 Å². The minimum Gasteiger partial charge on any atom is -0.455 e. The summed E-state index contributed by atoms with van der Waals surface area (Å²) in [6.07, 6.45) is -1.76. The number of H-pyrrole nitrogens is 1. The first kappa shape index (κ1) is 25.9. The Morgan fingerprint density at radius 1 is 1.08 bits per heavy atom. The van der Waals surface area contributed by atoms with Gasteiger partial charge in [-0.15, -0.1) is 0 Å². The number of benzene rings is 2. The smallest absolute Gasteiger partial charge is 0.303 e. The fraction of sp³-hybridized carbons (Fsp3) is 0.346. The van der Waals surface area contributed by atoms with Crippen molar-refractivity contribution in [3.05, 3.63) is 99.2 Å². The molecule has 190 valence electrons. The molecule has 0 amide bonds. The van der Waals surface area contributed by atoms with Crippen molar-refractivity contribution >= 4 is 18.2 Å².